The van der Waals surface area contributed by atoms with E-state index in [0.29, 0.717) is 37.2 Å². The molecule has 30 heavy (non-hydrogen) atoms. The van der Waals surface area contributed by atoms with Gasteiger partial charge in [-0.3, -0.25) is 14.8 Å². The van der Waals surface area contributed by atoms with Gasteiger partial charge >= 0.3 is 0 Å². The van der Waals surface area contributed by atoms with Crippen molar-refractivity contribution in [1.29, 1.82) is 0 Å². The van der Waals surface area contributed by atoms with Gasteiger partial charge in [-0.2, -0.15) is 0 Å². The molecule has 2 heterocycles. The first-order valence-corrected chi connectivity index (χ1v) is 10.2. The van der Waals surface area contributed by atoms with Crippen molar-refractivity contribution >= 4 is 5.91 Å². The van der Waals surface area contributed by atoms with Crippen molar-refractivity contribution in [3.8, 4) is 11.3 Å². The molecular formula is C24H23F2N3O. The van der Waals surface area contributed by atoms with Gasteiger partial charge < -0.3 is 4.90 Å². The molecule has 1 atom stereocenters. The van der Waals surface area contributed by atoms with Crippen LogP contribution in [0.25, 0.3) is 11.3 Å². The summed E-state index contributed by atoms with van der Waals surface area (Å²) in [6, 6.07) is 12.6. The first kappa shape index (κ1) is 20.1. The molecule has 1 amide bonds. The highest BCUT2D eigenvalue weighted by Gasteiger charge is 2.27. The van der Waals surface area contributed by atoms with Crippen LogP contribution >= 0.6 is 0 Å². The summed E-state index contributed by atoms with van der Waals surface area (Å²) >= 11 is 0. The molecule has 0 saturated carbocycles. The molecule has 0 aliphatic carbocycles. The van der Waals surface area contributed by atoms with E-state index in [-0.39, 0.29) is 23.5 Å². The SMILES string of the molecule is O=C(CCc1ccc(F)cc1)N1CCC[C@H](c2nccnc2-c2cccc(F)c2)C1. The van der Waals surface area contributed by atoms with Gasteiger partial charge in [-0.1, -0.05) is 24.3 Å². The summed E-state index contributed by atoms with van der Waals surface area (Å²) in [6.45, 7) is 1.29. The number of aryl methyl sites for hydroxylation is 1. The smallest absolute Gasteiger partial charge is 0.222 e. The Hall–Kier alpha value is -3.15. The lowest BCUT2D eigenvalue weighted by Gasteiger charge is -2.33. The molecule has 1 fully saturated rings. The van der Waals surface area contributed by atoms with E-state index in [2.05, 4.69) is 9.97 Å². The van der Waals surface area contributed by atoms with Gasteiger partial charge in [0.1, 0.15) is 11.6 Å². The van der Waals surface area contributed by atoms with E-state index in [1.165, 1.54) is 24.3 Å². The second kappa shape index (κ2) is 9.11. The monoisotopic (exact) mass is 407 g/mol. The Balaban J connectivity index is 1.46. The summed E-state index contributed by atoms with van der Waals surface area (Å²) in [5, 5.41) is 0. The Labute approximate surface area is 174 Å². The molecule has 1 saturated heterocycles. The van der Waals surface area contributed by atoms with Gasteiger partial charge in [0.05, 0.1) is 11.4 Å². The molecule has 0 radical (unpaired) electrons. The number of benzene rings is 2. The zero-order chi connectivity index (χ0) is 20.9. The Morgan fingerprint density at radius 2 is 1.83 bits per heavy atom. The minimum atomic E-state index is -0.314. The predicted octanol–water partition coefficient (Wildman–Crippen LogP) is 4.76. The summed E-state index contributed by atoms with van der Waals surface area (Å²) < 4.78 is 26.8. The lowest BCUT2D eigenvalue weighted by atomic mass is 9.91. The molecule has 3 aromatic rings. The van der Waals surface area contributed by atoms with Gasteiger partial charge in [0.25, 0.3) is 0 Å². The number of carbonyl (C=O) groups is 1. The molecule has 0 bridgehead atoms. The second-order valence-corrected chi connectivity index (χ2v) is 7.61. The van der Waals surface area contributed by atoms with Crippen LogP contribution in [0.15, 0.2) is 60.9 Å². The van der Waals surface area contributed by atoms with E-state index >= 15 is 0 Å². The number of hydrogen-bond donors (Lipinski definition) is 0. The minimum absolute atomic E-state index is 0.0560. The Bertz CT molecular complexity index is 1020. The van der Waals surface area contributed by atoms with Crippen LogP contribution in [0.4, 0.5) is 8.78 Å². The summed E-state index contributed by atoms with van der Waals surface area (Å²) in [5.41, 5.74) is 3.11. The van der Waals surface area contributed by atoms with Crippen LogP contribution in [-0.4, -0.2) is 33.9 Å². The number of halogens is 2. The van der Waals surface area contributed by atoms with Gasteiger partial charge in [0.15, 0.2) is 0 Å². The largest absolute Gasteiger partial charge is 0.342 e. The van der Waals surface area contributed by atoms with E-state index in [1.807, 2.05) is 11.0 Å². The minimum Gasteiger partial charge on any atom is -0.342 e. The Morgan fingerprint density at radius 1 is 1.03 bits per heavy atom. The molecule has 4 nitrogen and oxygen atoms in total. The molecule has 0 N–H and O–H groups in total. The number of amides is 1. The number of likely N-dealkylation sites (tertiary alicyclic amines) is 1. The maximum atomic E-state index is 13.7. The van der Waals surface area contributed by atoms with Crippen molar-refractivity contribution in [2.24, 2.45) is 0 Å². The summed E-state index contributed by atoms with van der Waals surface area (Å²) in [6.07, 6.45) is 6.01. The summed E-state index contributed by atoms with van der Waals surface area (Å²) in [5.74, 6) is -0.451. The van der Waals surface area contributed by atoms with E-state index in [0.717, 1.165) is 24.1 Å². The molecule has 6 heteroatoms. The van der Waals surface area contributed by atoms with E-state index in [1.54, 1.807) is 30.6 Å². The van der Waals surface area contributed by atoms with Crippen molar-refractivity contribution in [2.45, 2.75) is 31.6 Å². The number of rotatable bonds is 5. The molecule has 154 valence electrons. The Morgan fingerprint density at radius 3 is 2.63 bits per heavy atom. The number of nitrogens with zero attached hydrogens (tertiary/aromatic N) is 3. The number of aromatic nitrogens is 2. The number of carbonyl (C=O) groups excluding carboxylic acids is 1. The molecule has 0 unspecified atom stereocenters. The first-order valence-electron chi connectivity index (χ1n) is 10.2. The number of hydrogen-bond acceptors (Lipinski definition) is 3. The molecule has 0 spiro atoms. The lowest BCUT2D eigenvalue weighted by Crippen LogP contribution is -2.39. The average molecular weight is 407 g/mol. The second-order valence-electron chi connectivity index (χ2n) is 7.61. The maximum absolute atomic E-state index is 13.7. The highest BCUT2D eigenvalue weighted by atomic mass is 19.1. The van der Waals surface area contributed by atoms with E-state index in [4.69, 9.17) is 0 Å². The molecular weight excluding hydrogens is 384 g/mol. The van der Waals surface area contributed by atoms with Crippen LogP contribution in [0.1, 0.15) is 36.4 Å². The van der Waals surface area contributed by atoms with Crippen LogP contribution in [0.3, 0.4) is 0 Å². The fourth-order valence-electron chi connectivity index (χ4n) is 3.99. The van der Waals surface area contributed by atoms with Gasteiger partial charge in [0, 0.05) is 43.4 Å². The third kappa shape index (κ3) is 4.70. The standard InChI is InChI=1S/C24H23F2N3O/c25-20-9-6-17(7-10-20)8-11-22(30)29-14-2-4-19(16-29)24-23(27-12-13-28-24)18-3-1-5-21(26)15-18/h1,3,5-7,9-10,12-13,15,19H,2,4,8,11,14,16H2/t19-/m0/s1. The zero-order valence-electron chi connectivity index (χ0n) is 16.6. The van der Waals surface area contributed by atoms with Crippen molar-refractivity contribution in [3.63, 3.8) is 0 Å². The highest BCUT2D eigenvalue weighted by molar-refractivity contribution is 5.76. The molecule has 1 aromatic heterocycles. The summed E-state index contributed by atoms with van der Waals surface area (Å²) in [4.78, 5) is 23.7. The van der Waals surface area contributed by atoms with Crippen LogP contribution in [0, 0.1) is 11.6 Å². The average Bonchev–Trinajstić information content (AvgIpc) is 2.78. The van der Waals surface area contributed by atoms with Crippen LogP contribution in [-0.2, 0) is 11.2 Å². The lowest BCUT2D eigenvalue weighted by molar-refractivity contribution is -0.132. The topological polar surface area (TPSA) is 46.1 Å². The van der Waals surface area contributed by atoms with Crippen molar-refractivity contribution in [3.05, 3.63) is 83.8 Å². The number of piperidine rings is 1. The Kier molecular flexibility index (Phi) is 6.12. The van der Waals surface area contributed by atoms with E-state index in [9.17, 15) is 13.6 Å². The molecule has 2 aromatic carbocycles. The van der Waals surface area contributed by atoms with Gasteiger partial charge in [0.2, 0.25) is 5.91 Å². The van der Waals surface area contributed by atoms with Gasteiger partial charge in [-0.15, -0.1) is 0 Å². The van der Waals surface area contributed by atoms with Crippen LogP contribution < -0.4 is 0 Å². The predicted molar refractivity (Wildman–Crippen MR) is 111 cm³/mol. The van der Waals surface area contributed by atoms with Crippen LogP contribution in [0.5, 0.6) is 0 Å². The normalized spacial score (nSPS) is 16.5. The van der Waals surface area contributed by atoms with E-state index < -0.39 is 0 Å². The molecule has 1 aliphatic heterocycles. The van der Waals surface area contributed by atoms with Crippen molar-refractivity contribution < 1.29 is 13.6 Å². The van der Waals surface area contributed by atoms with Crippen LogP contribution in [0.2, 0.25) is 0 Å². The van der Waals surface area contributed by atoms with Crippen molar-refractivity contribution in [1.82, 2.24) is 14.9 Å². The van der Waals surface area contributed by atoms with Crippen molar-refractivity contribution in [2.75, 3.05) is 13.1 Å². The fourth-order valence-corrected chi connectivity index (χ4v) is 3.99. The fraction of sp³-hybridized carbons (Fsp3) is 0.292. The zero-order valence-corrected chi connectivity index (χ0v) is 16.6. The third-order valence-electron chi connectivity index (χ3n) is 5.53. The maximum Gasteiger partial charge on any atom is 0.222 e. The third-order valence-corrected chi connectivity index (χ3v) is 5.53. The molecule has 4 rings (SSSR count). The van der Waals surface area contributed by atoms with Gasteiger partial charge in [-0.25, -0.2) is 8.78 Å². The summed E-state index contributed by atoms with van der Waals surface area (Å²) in [7, 11) is 0. The first-order chi connectivity index (χ1) is 14.6. The quantitative estimate of drug-likeness (QED) is 0.613. The molecule has 1 aliphatic rings. The van der Waals surface area contributed by atoms with Gasteiger partial charge in [-0.05, 0) is 49.1 Å². The highest BCUT2D eigenvalue weighted by Crippen LogP contribution is 2.32.